The first-order valence-electron chi connectivity index (χ1n) is 7.18. The molecule has 1 fully saturated rings. The highest BCUT2D eigenvalue weighted by atomic mass is 16.4. The fourth-order valence-corrected chi connectivity index (χ4v) is 2.58. The van der Waals surface area contributed by atoms with Gasteiger partial charge in [0.05, 0.1) is 0 Å². The molecule has 1 aliphatic carbocycles. The lowest BCUT2D eigenvalue weighted by Crippen LogP contribution is -2.50. The van der Waals surface area contributed by atoms with Crippen molar-refractivity contribution < 1.29 is 14.7 Å². The van der Waals surface area contributed by atoms with Crippen molar-refractivity contribution in [3.05, 3.63) is 0 Å². The third-order valence-corrected chi connectivity index (χ3v) is 3.75. The van der Waals surface area contributed by atoms with E-state index in [2.05, 4.69) is 5.32 Å². The number of amides is 2. The fraction of sp³-hybridized carbons (Fsp3) is 0.857. The standard InChI is InChI=1S/C14H26N2O3/c1-10(2)9-12(13(17)18)15-14(19)16(3)11-7-5-4-6-8-11/h10-12H,4-9H2,1-3H3,(H,15,19)(H,17,18)/t12-/m0/s1. The number of carbonyl (C=O) groups excluding carboxylic acids is 1. The molecule has 0 aromatic rings. The highest BCUT2D eigenvalue weighted by Crippen LogP contribution is 2.21. The topological polar surface area (TPSA) is 69.6 Å². The van der Waals surface area contributed by atoms with Crippen LogP contribution in [0.2, 0.25) is 0 Å². The Morgan fingerprint density at radius 1 is 1.26 bits per heavy atom. The largest absolute Gasteiger partial charge is 0.480 e. The van der Waals surface area contributed by atoms with Gasteiger partial charge in [-0.15, -0.1) is 0 Å². The summed E-state index contributed by atoms with van der Waals surface area (Å²) in [6.45, 7) is 3.90. The van der Waals surface area contributed by atoms with E-state index in [9.17, 15) is 9.59 Å². The molecule has 1 atom stereocenters. The van der Waals surface area contributed by atoms with E-state index in [1.54, 1.807) is 11.9 Å². The summed E-state index contributed by atoms with van der Waals surface area (Å²) >= 11 is 0. The summed E-state index contributed by atoms with van der Waals surface area (Å²) in [5.74, 6) is -0.722. The predicted molar refractivity (Wildman–Crippen MR) is 74.0 cm³/mol. The van der Waals surface area contributed by atoms with Gasteiger partial charge in [-0.1, -0.05) is 33.1 Å². The van der Waals surface area contributed by atoms with Crippen LogP contribution in [0.4, 0.5) is 4.79 Å². The van der Waals surface area contributed by atoms with Crippen molar-refractivity contribution in [2.45, 2.75) is 64.5 Å². The zero-order chi connectivity index (χ0) is 14.4. The predicted octanol–water partition coefficient (Wildman–Crippen LogP) is 2.46. The Kier molecular flexibility index (Phi) is 6.12. The van der Waals surface area contributed by atoms with Crippen LogP contribution in [-0.4, -0.2) is 41.1 Å². The summed E-state index contributed by atoms with van der Waals surface area (Å²) in [7, 11) is 1.76. The van der Waals surface area contributed by atoms with E-state index in [1.165, 1.54) is 6.42 Å². The summed E-state index contributed by atoms with van der Waals surface area (Å²) in [5, 5.41) is 11.8. The average Bonchev–Trinajstić information content (AvgIpc) is 2.37. The molecule has 1 saturated carbocycles. The van der Waals surface area contributed by atoms with Gasteiger partial charge < -0.3 is 15.3 Å². The monoisotopic (exact) mass is 270 g/mol. The molecule has 1 aliphatic rings. The second-order valence-electron chi connectivity index (χ2n) is 5.87. The zero-order valence-corrected chi connectivity index (χ0v) is 12.2. The Labute approximate surface area is 115 Å². The first-order chi connectivity index (χ1) is 8.91. The smallest absolute Gasteiger partial charge is 0.326 e. The molecule has 110 valence electrons. The maximum Gasteiger partial charge on any atom is 0.326 e. The lowest BCUT2D eigenvalue weighted by molar-refractivity contribution is -0.139. The first-order valence-corrected chi connectivity index (χ1v) is 7.18. The molecule has 0 saturated heterocycles. The van der Waals surface area contributed by atoms with Crippen molar-refractivity contribution in [1.29, 1.82) is 0 Å². The molecule has 0 aromatic carbocycles. The zero-order valence-electron chi connectivity index (χ0n) is 12.2. The van der Waals surface area contributed by atoms with Crippen molar-refractivity contribution in [3.63, 3.8) is 0 Å². The molecule has 0 spiro atoms. The molecule has 0 heterocycles. The highest BCUT2D eigenvalue weighted by Gasteiger charge is 2.26. The molecule has 5 nitrogen and oxygen atoms in total. The number of nitrogens with one attached hydrogen (secondary N) is 1. The number of carboxylic acid groups (broad SMARTS) is 1. The van der Waals surface area contributed by atoms with Crippen molar-refractivity contribution in [2.75, 3.05) is 7.05 Å². The summed E-state index contributed by atoms with van der Waals surface area (Å²) < 4.78 is 0. The van der Waals surface area contributed by atoms with Crippen LogP contribution < -0.4 is 5.32 Å². The van der Waals surface area contributed by atoms with Gasteiger partial charge in [0, 0.05) is 13.1 Å². The summed E-state index contributed by atoms with van der Waals surface area (Å²) in [6, 6.07) is -0.805. The van der Waals surface area contributed by atoms with E-state index < -0.39 is 12.0 Å². The van der Waals surface area contributed by atoms with Crippen LogP contribution in [-0.2, 0) is 4.79 Å². The number of carbonyl (C=O) groups is 2. The summed E-state index contributed by atoms with van der Waals surface area (Å²) in [6.07, 6.45) is 6.03. The van der Waals surface area contributed by atoms with Gasteiger partial charge in [0.2, 0.25) is 0 Å². The summed E-state index contributed by atoms with van der Waals surface area (Å²) in [5.41, 5.74) is 0. The van der Waals surface area contributed by atoms with Gasteiger partial charge in [-0.05, 0) is 25.2 Å². The van der Waals surface area contributed by atoms with E-state index in [-0.39, 0.29) is 18.0 Å². The number of aliphatic carboxylic acids is 1. The fourth-order valence-electron chi connectivity index (χ4n) is 2.58. The maximum atomic E-state index is 12.1. The molecular weight excluding hydrogens is 244 g/mol. The lowest BCUT2D eigenvalue weighted by atomic mass is 9.95. The normalized spacial score (nSPS) is 18.1. The van der Waals surface area contributed by atoms with E-state index in [1.807, 2.05) is 13.8 Å². The number of hydrogen-bond acceptors (Lipinski definition) is 2. The Bertz CT molecular complexity index is 312. The number of nitrogens with zero attached hydrogens (tertiary/aromatic N) is 1. The maximum absolute atomic E-state index is 12.1. The van der Waals surface area contributed by atoms with E-state index in [0.29, 0.717) is 6.42 Å². The van der Waals surface area contributed by atoms with E-state index >= 15 is 0 Å². The average molecular weight is 270 g/mol. The lowest BCUT2D eigenvalue weighted by Gasteiger charge is -2.32. The van der Waals surface area contributed by atoms with Crippen LogP contribution in [0.25, 0.3) is 0 Å². The molecule has 0 radical (unpaired) electrons. The van der Waals surface area contributed by atoms with Gasteiger partial charge in [0.25, 0.3) is 0 Å². The van der Waals surface area contributed by atoms with Crippen LogP contribution in [0.3, 0.4) is 0 Å². The Morgan fingerprint density at radius 3 is 2.32 bits per heavy atom. The third kappa shape index (κ3) is 5.09. The Morgan fingerprint density at radius 2 is 1.84 bits per heavy atom. The van der Waals surface area contributed by atoms with E-state index in [0.717, 1.165) is 25.7 Å². The molecule has 0 aliphatic heterocycles. The summed E-state index contributed by atoms with van der Waals surface area (Å²) in [4.78, 5) is 24.9. The van der Waals surface area contributed by atoms with E-state index in [4.69, 9.17) is 5.11 Å². The van der Waals surface area contributed by atoms with Gasteiger partial charge >= 0.3 is 12.0 Å². The number of urea groups is 1. The first kappa shape index (κ1) is 15.8. The molecule has 2 amide bonds. The quantitative estimate of drug-likeness (QED) is 0.806. The molecule has 1 rings (SSSR count). The van der Waals surface area contributed by atoms with Gasteiger partial charge in [0.1, 0.15) is 6.04 Å². The van der Waals surface area contributed by atoms with Crippen molar-refractivity contribution in [1.82, 2.24) is 10.2 Å². The van der Waals surface area contributed by atoms with Crippen LogP contribution in [0.15, 0.2) is 0 Å². The highest BCUT2D eigenvalue weighted by molar-refractivity contribution is 5.82. The minimum absolute atomic E-state index is 0.237. The van der Waals surface area contributed by atoms with Crippen molar-refractivity contribution in [2.24, 2.45) is 5.92 Å². The molecule has 2 N–H and O–H groups in total. The van der Waals surface area contributed by atoms with Crippen LogP contribution in [0.1, 0.15) is 52.4 Å². The SMILES string of the molecule is CC(C)C[C@H](NC(=O)N(C)C1CCCCC1)C(=O)O. The second-order valence-corrected chi connectivity index (χ2v) is 5.87. The number of rotatable bonds is 5. The van der Waals surface area contributed by atoms with Crippen molar-refractivity contribution >= 4 is 12.0 Å². The van der Waals surface area contributed by atoms with Gasteiger partial charge in [-0.3, -0.25) is 0 Å². The molecule has 19 heavy (non-hydrogen) atoms. The van der Waals surface area contributed by atoms with Gasteiger partial charge in [-0.25, -0.2) is 9.59 Å². The van der Waals surface area contributed by atoms with Crippen LogP contribution in [0, 0.1) is 5.92 Å². The molecule has 0 unspecified atom stereocenters. The Balaban J connectivity index is 2.52. The van der Waals surface area contributed by atoms with Crippen molar-refractivity contribution in [3.8, 4) is 0 Å². The molecule has 0 aromatic heterocycles. The minimum atomic E-state index is -0.959. The second kappa shape index (κ2) is 7.36. The third-order valence-electron chi connectivity index (χ3n) is 3.75. The van der Waals surface area contributed by atoms with Gasteiger partial charge in [-0.2, -0.15) is 0 Å². The minimum Gasteiger partial charge on any atom is -0.480 e. The molecule has 5 heteroatoms. The number of hydrogen-bond donors (Lipinski definition) is 2. The Hall–Kier alpha value is -1.26. The number of carboxylic acids is 1. The van der Waals surface area contributed by atoms with Crippen LogP contribution in [0.5, 0.6) is 0 Å². The van der Waals surface area contributed by atoms with Gasteiger partial charge in [0.15, 0.2) is 0 Å². The van der Waals surface area contributed by atoms with Crippen LogP contribution >= 0.6 is 0 Å². The molecule has 0 bridgehead atoms. The molecular formula is C14H26N2O3.